The zero-order valence-electron chi connectivity index (χ0n) is 7.94. The highest BCUT2D eigenvalue weighted by Crippen LogP contribution is 2.13. The monoisotopic (exact) mass is 249 g/mol. The van der Waals surface area contributed by atoms with Gasteiger partial charge in [-0.3, -0.25) is 4.79 Å². The summed E-state index contributed by atoms with van der Waals surface area (Å²) in [7, 11) is 0. The van der Waals surface area contributed by atoms with Gasteiger partial charge in [0.1, 0.15) is 0 Å². The molecule has 1 aromatic heterocycles. The number of nitrogens with two attached hydrogens (primary N) is 1. The highest BCUT2D eigenvalue weighted by atomic mass is 35.5. The summed E-state index contributed by atoms with van der Waals surface area (Å²) in [4.78, 5) is 23.6. The lowest BCUT2D eigenvalue weighted by Crippen LogP contribution is -2.34. The maximum absolute atomic E-state index is 10.8. The van der Waals surface area contributed by atoms with Gasteiger partial charge in [-0.15, -0.1) is 0 Å². The lowest BCUT2D eigenvalue weighted by molar-refractivity contribution is -0.116. The van der Waals surface area contributed by atoms with Crippen molar-refractivity contribution in [3.8, 4) is 0 Å². The fourth-order valence-electron chi connectivity index (χ4n) is 0.970. The van der Waals surface area contributed by atoms with Crippen molar-refractivity contribution in [1.82, 2.24) is 15.0 Å². The lowest BCUT2D eigenvalue weighted by atomic mass is 10.5. The summed E-state index contributed by atoms with van der Waals surface area (Å²) in [6, 6.07) is 0. The summed E-state index contributed by atoms with van der Waals surface area (Å²) in [5.74, 6) is -0.245. The minimum Gasteiger partial charge on any atom is -0.368 e. The number of anilines is 1. The number of carbonyl (C=O) groups is 1. The Morgan fingerprint density at radius 1 is 1.33 bits per heavy atom. The average molecular weight is 250 g/mol. The third kappa shape index (κ3) is 3.49. The highest BCUT2D eigenvalue weighted by molar-refractivity contribution is 6.31. The quantitative estimate of drug-likeness (QED) is 0.840. The Bertz CT molecular complexity index is 352. The van der Waals surface area contributed by atoms with Crippen molar-refractivity contribution in [2.24, 2.45) is 5.73 Å². The second kappa shape index (κ2) is 5.09. The Kier molecular flexibility index (Phi) is 4.05. The summed E-state index contributed by atoms with van der Waals surface area (Å²) in [6.07, 6.45) is 0. The first kappa shape index (κ1) is 11.9. The van der Waals surface area contributed by atoms with E-state index in [-0.39, 0.29) is 23.1 Å². The number of halogens is 2. The number of hydrogen-bond acceptors (Lipinski definition) is 5. The molecule has 0 aliphatic carbocycles. The Labute approximate surface area is 96.4 Å². The van der Waals surface area contributed by atoms with E-state index in [2.05, 4.69) is 15.0 Å². The molecule has 1 rings (SSSR count). The molecule has 0 aromatic carbocycles. The van der Waals surface area contributed by atoms with Gasteiger partial charge in [0.25, 0.3) is 0 Å². The minimum atomic E-state index is -0.482. The second-order valence-corrected chi connectivity index (χ2v) is 3.33. The second-order valence-electron chi connectivity index (χ2n) is 2.65. The van der Waals surface area contributed by atoms with Crippen LogP contribution in [0, 0.1) is 0 Å². The molecule has 82 valence electrons. The maximum Gasteiger partial charge on any atom is 0.237 e. The minimum absolute atomic E-state index is 0.00711. The van der Waals surface area contributed by atoms with Crippen molar-refractivity contribution in [2.45, 2.75) is 6.92 Å². The molecule has 0 bridgehead atoms. The van der Waals surface area contributed by atoms with Crippen LogP contribution < -0.4 is 10.6 Å². The number of rotatable bonds is 4. The standard InChI is InChI=1S/C7H9Cl2N5O/c1-2-14(3-4(10)15)7-12-5(8)11-6(9)13-7/h2-3H2,1H3,(H2,10,15). The summed E-state index contributed by atoms with van der Waals surface area (Å²) in [5.41, 5.74) is 5.06. The van der Waals surface area contributed by atoms with Crippen molar-refractivity contribution in [3.05, 3.63) is 10.6 Å². The highest BCUT2D eigenvalue weighted by Gasteiger charge is 2.12. The molecule has 0 aliphatic heterocycles. The molecule has 0 saturated heterocycles. The first-order valence-electron chi connectivity index (χ1n) is 4.13. The smallest absolute Gasteiger partial charge is 0.237 e. The predicted octanol–water partition coefficient (Wildman–Crippen LogP) is 0.490. The van der Waals surface area contributed by atoms with Gasteiger partial charge in [-0.1, -0.05) is 0 Å². The number of amides is 1. The third-order valence-corrected chi connectivity index (χ3v) is 1.92. The van der Waals surface area contributed by atoms with Crippen LogP contribution in [0.5, 0.6) is 0 Å². The third-order valence-electron chi connectivity index (χ3n) is 1.58. The van der Waals surface area contributed by atoms with Crippen molar-refractivity contribution < 1.29 is 4.79 Å². The Morgan fingerprint density at radius 2 is 1.87 bits per heavy atom. The summed E-state index contributed by atoms with van der Waals surface area (Å²) < 4.78 is 0. The van der Waals surface area contributed by atoms with Crippen LogP contribution in [0.2, 0.25) is 10.6 Å². The largest absolute Gasteiger partial charge is 0.368 e. The van der Waals surface area contributed by atoms with Crippen LogP contribution in [0.3, 0.4) is 0 Å². The van der Waals surface area contributed by atoms with Crippen LogP contribution in [-0.2, 0) is 4.79 Å². The van der Waals surface area contributed by atoms with Crippen molar-refractivity contribution in [2.75, 3.05) is 18.0 Å². The van der Waals surface area contributed by atoms with E-state index in [1.807, 2.05) is 6.92 Å². The summed E-state index contributed by atoms with van der Waals surface area (Å²) >= 11 is 11.2. The molecule has 8 heteroatoms. The molecule has 6 nitrogen and oxygen atoms in total. The normalized spacial score (nSPS) is 10.1. The Morgan fingerprint density at radius 3 is 2.27 bits per heavy atom. The van der Waals surface area contributed by atoms with E-state index in [1.165, 1.54) is 0 Å². The molecule has 2 N–H and O–H groups in total. The number of hydrogen-bond donors (Lipinski definition) is 1. The van der Waals surface area contributed by atoms with Crippen LogP contribution in [-0.4, -0.2) is 33.9 Å². The molecule has 15 heavy (non-hydrogen) atoms. The van der Waals surface area contributed by atoms with E-state index in [4.69, 9.17) is 28.9 Å². The Balaban J connectivity index is 2.95. The first-order chi connectivity index (χ1) is 7.02. The van der Waals surface area contributed by atoms with Crippen molar-refractivity contribution in [3.63, 3.8) is 0 Å². The van der Waals surface area contributed by atoms with Gasteiger partial charge in [0.05, 0.1) is 6.54 Å². The van der Waals surface area contributed by atoms with Crippen LogP contribution in [0.25, 0.3) is 0 Å². The van der Waals surface area contributed by atoms with E-state index in [0.29, 0.717) is 6.54 Å². The zero-order chi connectivity index (χ0) is 11.4. The van der Waals surface area contributed by atoms with Gasteiger partial charge in [-0.05, 0) is 30.1 Å². The molecule has 0 spiro atoms. The first-order valence-corrected chi connectivity index (χ1v) is 4.89. The van der Waals surface area contributed by atoms with Gasteiger partial charge in [0, 0.05) is 6.54 Å². The number of primary amides is 1. The Hall–Kier alpha value is -1.14. The average Bonchev–Trinajstić information content (AvgIpc) is 2.12. The number of nitrogens with zero attached hydrogens (tertiary/aromatic N) is 4. The van der Waals surface area contributed by atoms with Gasteiger partial charge in [-0.25, -0.2) is 0 Å². The number of aromatic nitrogens is 3. The number of likely N-dealkylation sites (N-methyl/N-ethyl adjacent to an activating group) is 1. The van der Waals surface area contributed by atoms with Crippen LogP contribution in [0.4, 0.5) is 5.95 Å². The summed E-state index contributed by atoms with van der Waals surface area (Å²) in [5, 5.41) is -0.0409. The molecule has 0 fully saturated rings. The summed E-state index contributed by atoms with van der Waals surface area (Å²) in [6.45, 7) is 2.35. The fraction of sp³-hybridized carbons (Fsp3) is 0.429. The molecule has 0 saturated carbocycles. The number of carbonyl (C=O) groups excluding carboxylic acids is 1. The van der Waals surface area contributed by atoms with Crippen LogP contribution >= 0.6 is 23.2 Å². The molecule has 1 heterocycles. The molecule has 0 radical (unpaired) electrons. The van der Waals surface area contributed by atoms with Gasteiger partial charge in [-0.2, -0.15) is 15.0 Å². The molecule has 1 amide bonds. The molecular formula is C7H9Cl2N5O. The van der Waals surface area contributed by atoms with Crippen LogP contribution in [0.1, 0.15) is 6.92 Å². The van der Waals surface area contributed by atoms with Crippen molar-refractivity contribution in [1.29, 1.82) is 0 Å². The van der Waals surface area contributed by atoms with E-state index >= 15 is 0 Å². The maximum atomic E-state index is 10.8. The van der Waals surface area contributed by atoms with Crippen molar-refractivity contribution >= 4 is 35.1 Å². The van der Waals surface area contributed by atoms with Gasteiger partial charge >= 0.3 is 0 Å². The van der Waals surface area contributed by atoms with Gasteiger partial charge in [0.2, 0.25) is 22.4 Å². The lowest BCUT2D eigenvalue weighted by Gasteiger charge is -2.18. The SMILES string of the molecule is CCN(CC(N)=O)c1nc(Cl)nc(Cl)n1. The fourth-order valence-corrected chi connectivity index (χ4v) is 1.32. The molecule has 1 aromatic rings. The van der Waals surface area contributed by atoms with E-state index in [0.717, 1.165) is 0 Å². The molecule has 0 unspecified atom stereocenters. The van der Waals surface area contributed by atoms with Gasteiger partial charge in [0.15, 0.2) is 0 Å². The van der Waals surface area contributed by atoms with Crippen LogP contribution in [0.15, 0.2) is 0 Å². The van der Waals surface area contributed by atoms with E-state index < -0.39 is 5.91 Å². The zero-order valence-corrected chi connectivity index (χ0v) is 9.46. The molecule has 0 atom stereocenters. The van der Waals surface area contributed by atoms with E-state index in [1.54, 1.807) is 4.90 Å². The molecular weight excluding hydrogens is 241 g/mol. The van der Waals surface area contributed by atoms with E-state index in [9.17, 15) is 4.79 Å². The predicted molar refractivity (Wildman–Crippen MR) is 56.9 cm³/mol. The van der Waals surface area contributed by atoms with Gasteiger partial charge < -0.3 is 10.6 Å². The topological polar surface area (TPSA) is 85.0 Å². The molecule has 0 aliphatic rings.